The van der Waals surface area contributed by atoms with Gasteiger partial charge in [-0.3, -0.25) is 9.79 Å². The summed E-state index contributed by atoms with van der Waals surface area (Å²) in [6.07, 6.45) is 2.67. The van der Waals surface area contributed by atoms with Crippen molar-refractivity contribution < 1.29 is 9.53 Å². The maximum absolute atomic E-state index is 11.6. The number of nitrogens with zero attached hydrogens (tertiary/aromatic N) is 2. The van der Waals surface area contributed by atoms with E-state index in [2.05, 4.69) is 65.6 Å². The third-order valence-electron chi connectivity index (χ3n) is 4.99. The van der Waals surface area contributed by atoms with Crippen LogP contribution in [0, 0.1) is 5.92 Å². The van der Waals surface area contributed by atoms with Crippen molar-refractivity contribution in [3.63, 3.8) is 0 Å². The van der Waals surface area contributed by atoms with Crippen LogP contribution in [-0.2, 0) is 22.7 Å². The Hall–Kier alpha value is -2.08. The molecule has 1 amide bonds. The van der Waals surface area contributed by atoms with Gasteiger partial charge in [-0.2, -0.15) is 0 Å². The number of carbonyl (C=O) groups is 1. The zero-order valence-electron chi connectivity index (χ0n) is 18.0. The Labute approximate surface area is 169 Å². The van der Waals surface area contributed by atoms with E-state index in [4.69, 9.17) is 4.74 Å². The molecule has 6 heteroatoms. The number of aliphatic imine (C=N–C) groups is 1. The lowest BCUT2D eigenvalue weighted by Gasteiger charge is -2.34. The van der Waals surface area contributed by atoms with E-state index >= 15 is 0 Å². The second kappa shape index (κ2) is 10.5. The lowest BCUT2D eigenvalue weighted by molar-refractivity contribution is -0.121. The van der Waals surface area contributed by atoms with Crippen LogP contribution in [0.4, 0.5) is 0 Å². The van der Waals surface area contributed by atoms with Gasteiger partial charge in [0.25, 0.3) is 0 Å². The summed E-state index contributed by atoms with van der Waals surface area (Å²) < 4.78 is 5.88. The van der Waals surface area contributed by atoms with Crippen molar-refractivity contribution in [2.45, 2.75) is 58.8 Å². The summed E-state index contributed by atoms with van der Waals surface area (Å²) >= 11 is 0. The Bertz CT molecular complexity index is 659. The van der Waals surface area contributed by atoms with Crippen LogP contribution in [0.1, 0.15) is 51.2 Å². The Morgan fingerprint density at radius 2 is 1.93 bits per heavy atom. The molecule has 0 aliphatic carbocycles. The van der Waals surface area contributed by atoms with Crippen LogP contribution in [0.15, 0.2) is 29.3 Å². The van der Waals surface area contributed by atoms with Crippen LogP contribution in [0.2, 0.25) is 0 Å². The molecule has 0 radical (unpaired) electrons. The maximum Gasteiger partial charge on any atom is 0.220 e. The summed E-state index contributed by atoms with van der Waals surface area (Å²) in [7, 11) is 3.53. The lowest BCUT2D eigenvalue weighted by Crippen LogP contribution is -2.45. The van der Waals surface area contributed by atoms with E-state index in [1.807, 2.05) is 7.05 Å². The van der Waals surface area contributed by atoms with E-state index in [9.17, 15) is 4.79 Å². The predicted molar refractivity (Wildman–Crippen MR) is 114 cm³/mol. The predicted octanol–water partition coefficient (Wildman–Crippen LogP) is 2.93. The number of benzene rings is 1. The van der Waals surface area contributed by atoms with Crippen LogP contribution in [-0.4, -0.2) is 49.6 Å². The molecule has 1 fully saturated rings. The molecule has 156 valence electrons. The van der Waals surface area contributed by atoms with E-state index < -0.39 is 0 Å². The van der Waals surface area contributed by atoms with Crippen molar-refractivity contribution in [1.29, 1.82) is 0 Å². The largest absolute Gasteiger partial charge is 0.371 e. The van der Waals surface area contributed by atoms with Crippen molar-refractivity contribution in [2.75, 3.05) is 27.2 Å². The van der Waals surface area contributed by atoms with Gasteiger partial charge in [-0.05, 0) is 50.7 Å². The summed E-state index contributed by atoms with van der Waals surface area (Å²) in [5, 5.41) is 6.20. The first-order valence-electron chi connectivity index (χ1n) is 10.2. The molecule has 0 bridgehead atoms. The number of amides is 1. The molecule has 2 N–H and O–H groups in total. The number of guanidine groups is 1. The standard InChI is InChI=1S/C22H36N4O2/c1-22(2,3)28-16-19-8-6-7-18(13-19)15-25-21(24-5)26-11-9-17(10-12-26)14-20(27)23-4/h6-8,13,17H,9-12,14-16H2,1-5H3,(H,23,27)(H,24,25). The highest BCUT2D eigenvalue weighted by Crippen LogP contribution is 2.20. The van der Waals surface area contributed by atoms with Gasteiger partial charge >= 0.3 is 0 Å². The first-order chi connectivity index (χ1) is 13.3. The SMILES string of the molecule is CN=C(NCc1cccc(COC(C)(C)C)c1)N1CCC(CC(=O)NC)CC1. The average Bonchev–Trinajstić information content (AvgIpc) is 2.68. The average molecular weight is 389 g/mol. The molecular weight excluding hydrogens is 352 g/mol. The van der Waals surface area contributed by atoms with Crippen molar-refractivity contribution in [1.82, 2.24) is 15.5 Å². The fourth-order valence-corrected chi connectivity index (χ4v) is 3.36. The minimum Gasteiger partial charge on any atom is -0.371 e. The molecule has 0 atom stereocenters. The summed E-state index contributed by atoms with van der Waals surface area (Å²) in [6, 6.07) is 8.48. The van der Waals surface area contributed by atoms with E-state index in [0.717, 1.165) is 38.4 Å². The highest BCUT2D eigenvalue weighted by molar-refractivity contribution is 5.80. The molecule has 0 aromatic heterocycles. The molecule has 6 nitrogen and oxygen atoms in total. The zero-order valence-corrected chi connectivity index (χ0v) is 18.0. The number of piperidine rings is 1. The fraction of sp³-hybridized carbons (Fsp3) is 0.636. The summed E-state index contributed by atoms with van der Waals surface area (Å²) in [6.45, 7) is 9.42. The van der Waals surface area contributed by atoms with Gasteiger partial charge in [0.1, 0.15) is 0 Å². The lowest BCUT2D eigenvalue weighted by atomic mass is 9.93. The minimum atomic E-state index is -0.139. The highest BCUT2D eigenvalue weighted by Gasteiger charge is 2.23. The molecule has 0 saturated carbocycles. The second-order valence-corrected chi connectivity index (χ2v) is 8.43. The van der Waals surface area contributed by atoms with E-state index in [0.29, 0.717) is 18.9 Å². The van der Waals surface area contributed by atoms with Gasteiger partial charge in [-0.1, -0.05) is 24.3 Å². The van der Waals surface area contributed by atoms with Gasteiger partial charge in [0.15, 0.2) is 5.96 Å². The van der Waals surface area contributed by atoms with Crippen LogP contribution in [0.25, 0.3) is 0 Å². The topological polar surface area (TPSA) is 66.0 Å². The van der Waals surface area contributed by atoms with Crippen LogP contribution >= 0.6 is 0 Å². The molecule has 2 rings (SSSR count). The smallest absolute Gasteiger partial charge is 0.220 e. The fourth-order valence-electron chi connectivity index (χ4n) is 3.36. The Morgan fingerprint density at radius 3 is 2.54 bits per heavy atom. The van der Waals surface area contributed by atoms with Crippen molar-refractivity contribution >= 4 is 11.9 Å². The highest BCUT2D eigenvalue weighted by atomic mass is 16.5. The number of rotatable bonds is 6. The second-order valence-electron chi connectivity index (χ2n) is 8.43. The summed E-state index contributed by atoms with van der Waals surface area (Å²) in [4.78, 5) is 18.3. The monoisotopic (exact) mass is 388 g/mol. The van der Waals surface area contributed by atoms with E-state index in [-0.39, 0.29) is 11.5 Å². The molecule has 0 unspecified atom stereocenters. The van der Waals surface area contributed by atoms with Crippen LogP contribution in [0.3, 0.4) is 0 Å². The van der Waals surface area contributed by atoms with Gasteiger partial charge in [0.05, 0.1) is 12.2 Å². The number of likely N-dealkylation sites (tertiary alicyclic amines) is 1. The van der Waals surface area contributed by atoms with Gasteiger partial charge in [0, 0.05) is 40.2 Å². The quantitative estimate of drug-likeness (QED) is 0.581. The van der Waals surface area contributed by atoms with Crippen molar-refractivity contribution in [3.8, 4) is 0 Å². The van der Waals surface area contributed by atoms with E-state index in [1.165, 1.54) is 11.1 Å². The number of carbonyl (C=O) groups excluding carboxylic acids is 1. The summed E-state index contributed by atoms with van der Waals surface area (Å²) in [5.74, 6) is 1.53. The van der Waals surface area contributed by atoms with Gasteiger partial charge in [0.2, 0.25) is 5.91 Å². The molecule has 1 aromatic carbocycles. The third kappa shape index (κ3) is 7.50. The number of ether oxygens (including phenoxy) is 1. The summed E-state index contributed by atoms with van der Waals surface area (Å²) in [5.41, 5.74) is 2.25. The third-order valence-corrected chi connectivity index (χ3v) is 4.99. The zero-order chi connectivity index (χ0) is 20.6. The first-order valence-corrected chi connectivity index (χ1v) is 10.2. The van der Waals surface area contributed by atoms with Gasteiger partial charge < -0.3 is 20.3 Å². The molecule has 28 heavy (non-hydrogen) atoms. The molecule has 1 aromatic rings. The Morgan fingerprint density at radius 1 is 1.25 bits per heavy atom. The van der Waals surface area contributed by atoms with Gasteiger partial charge in [-0.15, -0.1) is 0 Å². The molecule has 1 heterocycles. The van der Waals surface area contributed by atoms with Crippen molar-refractivity contribution in [3.05, 3.63) is 35.4 Å². The normalized spacial score (nSPS) is 16.2. The molecule has 1 aliphatic rings. The van der Waals surface area contributed by atoms with Crippen molar-refractivity contribution in [2.24, 2.45) is 10.9 Å². The van der Waals surface area contributed by atoms with Crippen LogP contribution < -0.4 is 10.6 Å². The van der Waals surface area contributed by atoms with Gasteiger partial charge in [-0.25, -0.2) is 0 Å². The Kier molecular flexibility index (Phi) is 8.30. The number of hydrogen-bond donors (Lipinski definition) is 2. The number of hydrogen-bond acceptors (Lipinski definition) is 3. The molecular formula is C22H36N4O2. The number of nitrogens with one attached hydrogen (secondary N) is 2. The Balaban J connectivity index is 1.83. The van der Waals surface area contributed by atoms with E-state index in [1.54, 1.807) is 7.05 Å². The first kappa shape index (κ1) is 22.2. The van der Waals surface area contributed by atoms with Crippen LogP contribution in [0.5, 0.6) is 0 Å². The molecule has 0 spiro atoms. The molecule has 1 saturated heterocycles. The maximum atomic E-state index is 11.6. The minimum absolute atomic E-state index is 0.135. The molecule has 1 aliphatic heterocycles.